The van der Waals surface area contributed by atoms with Gasteiger partial charge in [0, 0.05) is 5.56 Å². The first-order valence-corrected chi connectivity index (χ1v) is 4.49. The lowest BCUT2D eigenvalue weighted by Crippen LogP contribution is -2.06. The lowest BCUT2D eigenvalue weighted by Gasteiger charge is -2.07. The van der Waals surface area contributed by atoms with Gasteiger partial charge in [0.25, 0.3) is 0 Å². The Morgan fingerprint density at radius 1 is 1.47 bits per heavy atom. The van der Waals surface area contributed by atoms with Crippen LogP contribution in [0.15, 0.2) is 24.3 Å². The fourth-order valence-electron chi connectivity index (χ4n) is 1.14. The lowest BCUT2D eigenvalue weighted by atomic mass is 10.1. The highest BCUT2D eigenvalue weighted by Crippen LogP contribution is 2.18. The van der Waals surface area contributed by atoms with Crippen LogP contribution >= 0.6 is 0 Å². The Bertz CT molecular complexity index is 377. The minimum Gasteiger partial charge on any atom is -0.481 e. The van der Waals surface area contributed by atoms with Crippen molar-refractivity contribution in [1.82, 2.24) is 0 Å². The number of carbonyl (C=O) groups excluding carboxylic acids is 1. The Morgan fingerprint density at radius 3 is 2.87 bits per heavy atom. The maximum Gasteiger partial charge on any atom is 0.310 e. The van der Waals surface area contributed by atoms with Crippen LogP contribution in [-0.4, -0.2) is 19.7 Å². The van der Waals surface area contributed by atoms with Crippen molar-refractivity contribution in [2.24, 2.45) is 0 Å². The summed E-state index contributed by atoms with van der Waals surface area (Å²) in [6.45, 7) is 0.193. The fourth-order valence-corrected chi connectivity index (χ4v) is 1.14. The second-order valence-electron chi connectivity index (χ2n) is 2.85. The highest BCUT2D eigenvalue weighted by Gasteiger charge is 2.07. The Balaban J connectivity index is 2.77. The minimum absolute atomic E-state index is 0.192. The van der Waals surface area contributed by atoms with Crippen LogP contribution in [-0.2, 0) is 16.0 Å². The third kappa shape index (κ3) is 3.35. The summed E-state index contributed by atoms with van der Waals surface area (Å²) in [4.78, 5) is 11.1. The third-order valence-corrected chi connectivity index (χ3v) is 1.85. The molecule has 78 valence electrons. The normalized spacial score (nSPS) is 9.07. The third-order valence-electron chi connectivity index (χ3n) is 1.85. The van der Waals surface area contributed by atoms with Crippen molar-refractivity contribution in [3.63, 3.8) is 0 Å². The number of ether oxygens (including phenoxy) is 2. The fraction of sp³-hybridized carbons (Fsp3) is 0.250. The summed E-state index contributed by atoms with van der Waals surface area (Å²) in [5.41, 5.74) is 0.777. The van der Waals surface area contributed by atoms with Crippen LogP contribution in [0.4, 0.5) is 0 Å². The maximum atomic E-state index is 11.1. The van der Waals surface area contributed by atoms with Crippen molar-refractivity contribution in [2.45, 2.75) is 6.42 Å². The van der Waals surface area contributed by atoms with Gasteiger partial charge >= 0.3 is 5.97 Å². The van der Waals surface area contributed by atoms with Crippen LogP contribution in [0, 0.1) is 12.3 Å². The molecule has 0 aliphatic rings. The number of carbonyl (C=O) groups is 1. The van der Waals surface area contributed by atoms with E-state index in [4.69, 9.17) is 11.2 Å². The predicted molar refractivity (Wildman–Crippen MR) is 56.5 cm³/mol. The van der Waals surface area contributed by atoms with Gasteiger partial charge in [-0.2, -0.15) is 0 Å². The van der Waals surface area contributed by atoms with Crippen molar-refractivity contribution >= 4 is 5.97 Å². The first-order chi connectivity index (χ1) is 7.27. The molecule has 0 N–H and O–H groups in total. The Labute approximate surface area is 89.0 Å². The number of methoxy groups -OCH3 is 1. The second kappa shape index (κ2) is 5.71. The summed E-state index contributed by atoms with van der Waals surface area (Å²) >= 11 is 0. The quantitative estimate of drug-likeness (QED) is 0.549. The topological polar surface area (TPSA) is 35.5 Å². The van der Waals surface area contributed by atoms with Crippen LogP contribution < -0.4 is 4.74 Å². The second-order valence-corrected chi connectivity index (χ2v) is 2.85. The van der Waals surface area contributed by atoms with Crippen LogP contribution in [0.2, 0.25) is 0 Å². The maximum absolute atomic E-state index is 11.1. The molecular weight excluding hydrogens is 192 g/mol. The standard InChI is InChI=1S/C12H12O3/c1-3-8-15-11-7-5-4-6-10(11)9-12(13)14-2/h1,4-7H,8-9H2,2H3. The van der Waals surface area contributed by atoms with Gasteiger partial charge < -0.3 is 9.47 Å². The van der Waals surface area contributed by atoms with Crippen molar-refractivity contribution in [1.29, 1.82) is 0 Å². The Morgan fingerprint density at radius 2 is 2.20 bits per heavy atom. The van der Waals surface area contributed by atoms with E-state index in [-0.39, 0.29) is 19.0 Å². The van der Waals surface area contributed by atoms with Gasteiger partial charge in [0.15, 0.2) is 0 Å². The Kier molecular flexibility index (Phi) is 4.24. The molecule has 0 heterocycles. The minimum atomic E-state index is -0.299. The van der Waals surface area contributed by atoms with E-state index in [1.54, 1.807) is 6.07 Å². The van der Waals surface area contributed by atoms with Crippen molar-refractivity contribution in [3.8, 4) is 18.1 Å². The van der Waals surface area contributed by atoms with Crippen LogP contribution in [0.5, 0.6) is 5.75 Å². The monoisotopic (exact) mass is 204 g/mol. The number of esters is 1. The number of terminal acetylenes is 1. The zero-order chi connectivity index (χ0) is 11.1. The molecule has 0 saturated heterocycles. The number of rotatable bonds is 4. The molecule has 1 aromatic carbocycles. The molecule has 0 bridgehead atoms. The summed E-state index contributed by atoms with van der Waals surface area (Å²) in [5.74, 6) is 2.70. The number of hydrogen-bond donors (Lipinski definition) is 0. The van der Waals surface area contributed by atoms with Gasteiger partial charge in [0.1, 0.15) is 12.4 Å². The molecule has 0 unspecified atom stereocenters. The SMILES string of the molecule is C#CCOc1ccccc1CC(=O)OC. The summed E-state index contributed by atoms with van der Waals surface area (Å²) in [6, 6.07) is 7.24. The molecular formula is C12H12O3. The molecule has 1 rings (SSSR count). The summed E-state index contributed by atoms with van der Waals surface area (Å²) in [7, 11) is 1.35. The first-order valence-electron chi connectivity index (χ1n) is 4.49. The zero-order valence-corrected chi connectivity index (χ0v) is 8.53. The molecule has 15 heavy (non-hydrogen) atoms. The highest BCUT2D eigenvalue weighted by molar-refractivity contribution is 5.73. The smallest absolute Gasteiger partial charge is 0.310 e. The molecule has 0 saturated carbocycles. The molecule has 0 aromatic heterocycles. The van der Waals surface area contributed by atoms with E-state index in [1.165, 1.54) is 7.11 Å². The van der Waals surface area contributed by atoms with Gasteiger partial charge in [-0.15, -0.1) is 6.42 Å². The lowest BCUT2D eigenvalue weighted by molar-refractivity contribution is -0.139. The molecule has 0 aliphatic carbocycles. The molecule has 0 aliphatic heterocycles. The highest BCUT2D eigenvalue weighted by atomic mass is 16.5. The van der Waals surface area contributed by atoms with E-state index in [9.17, 15) is 4.79 Å². The van der Waals surface area contributed by atoms with Gasteiger partial charge in [0.2, 0.25) is 0 Å². The Hall–Kier alpha value is -1.95. The summed E-state index contributed by atoms with van der Waals surface area (Å²) < 4.78 is 9.87. The average molecular weight is 204 g/mol. The van der Waals surface area contributed by atoms with E-state index in [2.05, 4.69) is 10.7 Å². The molecule has 3 nitrogen and oxygen atoms in total. The van der Waals surface area contributed by atoms with Gasteiger partial charge in [-0.05, 0) is 6.07 Å². The molecule has 1 aromatic rings. The number of benzene rings is 1. The van der Waals surface area contributed by atoms with Gasteiger partial charge in [-0.25, -0.2) is 0 Å². The molecule has 0 atom stereocenters. The predicted octanol–water partition coefficient (Wildman–Crippen LogP) is 1.41. The molecule has 0 radical (unpaired) electrons. The van der Waals surface area contributed by atoms with Crippen LogP contribution in [0.25, 0.3) is 0 Å². The van der Waals surface area contributed by atoms with E-state index >= 15 is 0 Å². The molecule has 0 amide bonds. The van der Waals surface area contributed by atoms with E-state index < -0.39 is 0 Å². The first kappa shape index (κ1) is 11.1. The number of para-hydroxylation sites is 1. The van der Waals surface area contributed by atoms with Crippen molar-refractivity contribution in [3.05, 3.63) is 29.8 Å². The van der Waals surface area contributed by atoms with Gasteiger partial charge in [-0.3, -0.25) is 4.79 Å². The van der Waals surface area contributed by atoms with E-state index in [0.717, 1.165) is 5.56 Å². The van der Waals surface area contributed by atoms with Gasteiger partial charge in [-0.1, -0.05) is 24.1 Å². The summed E-state index contributed by atoms with van der Waals surface area (Å²) in [5, 5.41) is 0. The molecule has 0 fully saturated rings. The zero-order valence-electron chi connectivity index (χ0n) is 8.53. The average Bonchev–Trinajstić information content (AvgIpc) is 2.28. The van der Waals surface area contributed by atoms with Gasteiger partial charge in [0.05, 0.1) is 13.5 Å². The van der Waals surface area contributed by atoms with Crippen molar-refractivity contribution < 1.29 is 14.3 Å². The van der Waals surface area contributed by atoms with Crippen LogP contribution in [0.3, 0.4) is 0 Å². The molecule has 0 spiro atoms. The van der Waals surface area contributed by atoms with Crippen molar-refractivity contribution in [2.75, 3.05) is 13.7 Å². The summed E-state index contributed by atoms with van der Waals surface area (Å²) in [6.07, 6.45) is 5.28. The molecule has 3 heteroatoms. The van der Waals surface area contributed by atoms with Crippen LogP contribution in [0.1, 0.15) is 5.56 Å². The van der Waals surface area contributed by atoms with E-state index in [0.29, 0.717) is 5.75 Å². The largest absolute Gasteiger partial charge is 0.481 e. The number of hydrogen-bond acceptors (Lipinski definition) is 3. The van der Waals surface area contributed by atoms with E-state index in [1.807, 2.05) is 18.2 Å².